The summed E-state index contributed by atoms with van der Waals surface area (Å²) in [6, 6.07) is 2.42. The van der Waals surface area contributed by atoms with Crippen molar-refractivity contribution in [2.75, 3.05) is 5.73 Å². The second-order valence-corrected chi connectivity index (χ2v) is 3.81. The van der Waals surface area contributed by atoms with E-state index in [9.17, 15) is 9.59 Å². The van der Waals surface area contributed by atoms with Gasteiger partial charge in [0.05, 0.1) is 12.2 Å². The van der Waals surface area contributed by atoms with E-state index in [4.69, 9.17) is 5.73 Å². The van der Waals surface area contributed by atoms with E-state index in [-0.39, 0.29) is 17.7 Å². The van der Waals surface area contributed by atoms with Gasteiger partial charge < -0.3 is 5.73 Å². The van der Waals surface area contributed by atoms with E-state index in [1.807, 2.05) is 0 Å². The van der Waals surface area contributed by atoms with Gasteiger partial charge in [0, 0.05) is 24.7 Å². The van der Waals surface area contributed by atoms with Crippen LogP contribution in [0.3, 0.4) is 0 Å². The number of aromatic amines is 1. The molecule has 0 amide bonds. The van der Waals surface area contributed by atoms with Gasteiger partial charge in [0.25, 0.3) is 11.1 Å². The molecule has 0 saturated heterocycles. The van der Waals surface area contributed by atoms with Crippen LogP contribution in [0.2, 0.25) is 0 Å². The number of nitrogens with one attached hydrogen (secondary N) is 1. The van der Waals surface area contributed by atoms with Crippen LogP contribution in [0.25, 0.3) is 0 Å². The molecule has 0 aliphatic heterocycles. The summed E-state index contributed by atoms with van der Waals surface area (Å²) in [6.45, 7) is 2.01. The zero-order valence-corrected chi connectivity index (χ0v) is 9.60. The normalized spacial score (nSPS) is 10.7. The van der Waals surface area contributed by atoms with Crippen molar-refractivity contribution in [3.8, 4) is 0 Å². The van der Waals surface area contributed by atoms with Gasteiger partial charge in [-0.05, 0) is 6.92 Å². The average molecular weight is 235 g/mol. The molecule has 0 bridgehead atoms. The third kappa shape index (κ3) is 1.99. The molecule has 17 heavy (non-hydrogen) atoms. The van der Waals surface area contributed by atoms with Crippen LogP contribution in [0.5, 0.6) is 0 Å². The first-order valence-electron chi connectivity index (χ1n) is 5.07. The van der Waals surface area contributed by atoms with Crippen molar-refractivity contribution in [3.05, 3.63) is 44.1 Å². The lowest BCUT2D eigenvalue weighted by molar-refractivity contribution is 0.626. The molecule has 7 nitrogen and oxygen atoms in total. The smallest absolute Gasteiger partial charge is 0.265 e. The summed E-state index contributed by atoms with van der Waals surface area (Å²) in [6.07, 6.45) is 0. The molecule has 0 radical (unpaired) electrons. The van der Waals surface area contributed by atoms with Crippen molar-refractivity contribution >= 4 is 5.82 Å². The molecule has 2 rings (SSSR count). The fourth-order valence-corrected chi connectivity index (χ4v) is 1.65. The molecular weight excluding hydrogens is 222 g/mol. The molecule has 2 heterocycles. The monoisotopic (exact) mass is 235 g/mol. The lowest BCUT2D eigenvalue weighted by Gasteiger charge is -2.04. The molecule has 0 spiro atoms. The minimum Gasteiger partial charge on any atom is -0.384 e. The van der Waals surface area contributed by atoms with E-state index in [0.29, 0.717) is 5.82 Å². The van der Waals surface area contributed by atoms with Crippen LogP contribution in [0.15, 0.2) is 21.7 Å². The molecule has 0 aliphatic carbocycles. The number of nitrogens with two attached hydrogens (primary N) is 1. The third-order valence-electron chi connectivity index (χ3n) is 2.60. The highest BCUT2D eigenvalue weighted by Crippen LogP contribution is 2.14. The molecule has 0 saturated carbocycles. The number of rotatable bonds is 2. The summed E-state index contributed by atoms with van der Waals surface area (Å²) in [7, 11) is 1.72. The van der Waals surface area contributed by atoms with Crippen molar-refractivity contribution in [2.45, 2.75) is 13.5 Å². The second-order valence-electron chi connectivity index (χ2n) is 3.81. The Morgan fingerprint density at radius 2 is 2.12 bits per heavy atom. The van der Waals surface area contributed by atoms with Crippen LogP contribution in [0, 0.1) is 6.92 Å². The molecule has 90 valence electrons. The number of H-pyrrole nitrogens is 1. The molecule has 0 fully saturated rings. The SMILES string of the molecule is Cc1nn(C)c(N)c1Cn1[nH]c(=O)ccc1=O. The van der Waals surface area contributed by atoms with Gasteiger partial charge in [0.1, 0.15) is 5.82 Å². The van der Waals surface area contributed by atoms with E-state index in [0.717, 1.165) is 11.3 Å². The fraction of sp³-hybridized carbons (Fsp3) is 0.300. The molecule has 3 N–H and O–H groups in total. The van der Waals surface area contributed by atoms with Gasteiger partial charge in [-0.25, -0.2) is 4.68 Å². The highest BCUT2D eigenvalue weighted by atomic mass is 16.1. The highest BCUT2D eigenvalue weighted by molar-refractivity contribution is 5.42. The van der Waals surface area contributed by atoms with Gasteiger partial charge in [0.2, 0.25) is 0 Å². The summed E-state index contributed by atoms with van der Waals surface area (Å²) in [5.74, 6) is 0.485. The van der Waals surface area contributed by atoms with Crippen molar-refractivity contribution in [3.63, 3.8) is 0 Å². The lowest BCUT2D eigenvalue weighted by Crippen LogP contribution is -2.28. The zero-order valence-electron chi connectivity index (χ0n) is 9.60. The maximum absolute atomic E-state index is 11.5. The van der Waals surface area contributed by atoms with Gasteiger partial charge in [-0.3, -0.25) is 19.4 Å². The number of anilines is 1. The predicted octanol–water partition coefficient (Wildman–Crippen LogP) is -0.791. The van der Waals surface area contributed by atoms with Crippen LogP contribution in [-0.2, 0) is 13.6 Å². The minimum atomic E-state index is -0.329. The van der Waals surface area contributed by atoms with E-state index in [1.54, 1.807) is 14.0 Å². The van der Waals surface area contributed by atoms with Crippen LogP contribution in [-0.4, -0.2) is 19.6 Å². The first-order chi connectivity index (χ1) is 7.99. The Kier molecular flexibility index (Phi) is 2.58. The summed E-state index contributed by atoms with van der Waals surface area (Å²) in [5.41, 5.74) is 6.69. The largest absolute Gasteiger partial charge is 0.384 e. The topological polar surface area (TPSA) is 98.7 Å². The molecule has 0 aliphatic rings. The third-order valence-corrected chi connectivity index (χ3v) is 2.60. The quantitative estimate of drug-likeness (QED) is 0.712. The minimum absolute atomic E-state index is 0.209. The van der Waals surface area contributed by atoms with Gasteiger partial charge in [-0.15, -0.1) is 0 Å². The van der Waals surface area contributed by atoms with Gasteiger partial charge in [-0.2, -0.15) is 5.10 Å². The standard InChI is InChI=1S/C10H13N5O2/c1-6-7(10(11)14(2)12-6)5-15-9(17)4-3-8(16)13-15/h3-4H,5,11H2,1-2H3,(H,13,16). The highest BCUT2D eigenvalue weighted by Gasteiger charge is 2.11. The lowest BCUT2D eigenvalue weighted by atomic mass is 10.2. The Hall–Kier alpha value is -2.31. The number of nitrogens with zero attached hydrogens (tertiary/aromatic N) is 3. The van der Waals surface area contributed by atoms with Crippen molar-refractivity contribution in [1.29, 1.82) is 0 Å². The van der Waals surface area contributed by atoms with E-state index >= 15 is 0 Å². The zero-order chi connectivity index (χ0) is 12.6. The molecule has 2 aromatic heterocycles. The number of nitrogen functional groups attached to an aromatic ring is 1. The fourth-order valence-electron chi connectivity index (χ4n) is 1.65. The van der Waals surface area contributed by atoms with Crippen LogP contribution in [0.1, 0.15) is 11.3 Å². The Balaban J connectivity index is 2.48. The Morgan fingerprint density at radius 3 is 2.71 bits per heavy atom. The van der Waals surface area contributed by atoms with E-state index in [2.05, 4.69) is 10.2 Å². The molecule has 0 aromatic carbocycles. The Labute approximate surface area is 96.5 Å². The van der Waals surface area contributed by atoms with Gasteiger partial charge >= 0.3 is 0 Å². The number of aromatic nitrogens is 4. The summed E-state index contributed by atoms with van der Waals surface area (Å²) >= 11 is 0. The van der Waals surface area contributed by atoms with Crippen molar-refractivity contribution in [2.24, 2.45) is 7.05 Å². The Morgan fingerprint density at radius 1 is 1.41 bits per heavy atom. The molecule has 2 aromatic rings. The maximum Gasteiger partial charge on any atom is 0.265 e. The van der Waals surface area contributed by atoms with E-state index in [1.165, 1.54) is 21.5 Å². The van der Waals surface area contributed by atoms with Crippen LogP contribution >= 0.6 is 0 Å². The van der Waals surface area contributed by atoms with Crippen LogP contribution < -0.4 is 16.9 Å². The first-order valence-corrected chi connectivity index (χ1v) is 5.07. The average Bonchev–Trinajstić information content (AvgIpc) is 2.50. The first kappa shape index (κ1) is 11.2. The second kappa shape index (κ2) is 3.93. The molecular formula is C10H13N5O2. The Bertz CT molecular complexity index is 664. The summed E-state index contributed by atoms with van der Waals surface area (Å²) < 4.78 is 2.75. The summed E-state index contributed by atoms with van der Waals surface area (Å²) in [4.78, 5) is 22.7. The van der Waals surface area contributed by atoms with Crippen LogP contribution in [0.4, 0.5) is 5.82 Å². The molecule has 7 heteroatoms. The number of hydrogen-bond donors (Lipinski definition) is 2. The van der Waals surface area contributed by atoms with Gasteiger partial charge in [0.15, 0.2) is 0 Å². The van der Waals surface area contributed by atoms with Crippen molar-refractivity contribution < 1.29 is 0 Å². The number of hydrogen-bond acceptors (Lipinski definition) is 4. The van der Waals surface area contributed by atoms with Gasteiger partial charge in [-0.1, -0.05) is 0 Å². The maximum atomic E-state index is 11.5. The van der Waals surface area contributed by atoms with E-state index < -0.39 is 0 Å². The molecule has 0 unspecified atom stereocenters. The molecule has 0 atom stereocenters. The number of aryl methyl sites for hydroxylation is 2. The van der Waals surface area contributed by atoms with Crippen molar-refractivity contribution in [1.82, 2.24) is 19.6 Å². The summed E-state index contributed by atoms with van der Waals surface area (Å²) in [5, 5.41) is 6.59. The predicted molar refractivity (Wildman–Crippen MR) is 62.8 cm³/mol.